The largest absolute Gasteiger partial charge is 0.425 e. The number of rotatable bonds is 4. The summed E-state index contributed by atoms with van der Waals surface area (Å²) < 4.78 is 7.71. The van der Waals surface area contributed by atoms with Crippen LogP contribution < -0.4 is 9.61 Å². The van der Waals surface area contributed by atoms with E-state index in [1.807, 2.05) is 24.3 Å². The number of aryl methyl sites for hydroxylation is 1. The molecule has 2 aromatic carbocycles. The molecule has 1 aromatic heterocycles. The summed E-state index contributed by atoms with van der Waals surface area (Å²) in [6.07, 6.45) is 0.103. The highest BCUT2D eigenvalue weighted by atomic mass is 35.5. The molecule has 3 rings (SSSR count). The zero-order valence-corrected chi connectivity index (χ0v) is 13.1. The first-order valence-corrected chi connectivity index (χ1v) is 7.88. The summed E-state index contributed by atoms with van der Waals surface area (Å²) in [7, 11) is 0. The topological polar surface area (TPSA) is 48.3 Å². The van der Waals surface area contributed by atoms with E-state index in [-0.39, 0.29) is 17.8 Å². The van der Waals surface area contributed by atoms with Crippen LogP contribution in [0.2, 0.25) is 5.02 Å². The van der Waals surface area contributed by atoms with Crippen molar-refractivity contribution >= 4 is 39.1 Å². The van der Waals surface area contributed by atoms with E-state index < -0.39 is 5.97 Å². The Labute approximate surface area is 135 Å². The minimum atomic E-state index is -0.421. The minimum absolute atomic E-state index is 0.0771. The number of thiazole rings is 1. The molecule has 0 spiro atoms. The maximum Gasteiger partial charge on any atom is 0.313 e. The van der Waals surface area contributed by atoms with Gasteiger partial charge in [-0.25, -0.2) is 0 Å². The fourth-order valence-corrected chi connectivity index (χ4v) is 3.22. The third kappa shape index (κ3) is 3.05. The monoisotopic (exact) mass is 333 g/mol. The Morgan fingerprint density at radius 1 is 1.14 bits per heavy atom. The highest BCUT2D eigenvalue weighted by molar-refractivity contribution is 7.16. The van der Waals surface area contributed by atoms with Gasteiger partial charge in [0.25, 0.3) is 0 Å². The number of hydrogen-bond donors (Lipinski definition) is 0. The molecule has 0 aliphatic rings. The zero-order chi connectivity index (χ0) is 15.5. The van der Waals surface area contributed by atoms with Crippen LogP contribution in [0.3, 0.4) is 0 Å². The summed E-state index contributed by atoms with van der Waals surface area (Å²) in [6, 6.07) is 14.3. The van der Waals surface area contributed by atoms with Crippen LogP contribution in [-0.4, -0.2) is 10.5 Å². The second-order valence-corrected chi connectivity index (χ2v) is 6.04. The highest BCUT2D eigenvalue weighted by Crippen LogP contribution is 2.23. The minimum Gasteiger partial charge on any atom is -0.425 e. The van der Waals surface area contributed by atoms with Gasteiger partial charge in [-0.2, -0.15) is 0 Å². The molecule has 0 amide bonds. The number of nitrogens with zero attached hydrogens (tertiary/aromatic N) is 1. The van der Waals surface area contributed by atoms with Crippen molar-refractivity contribution in [1.82, 2.24) is 4.57 Å². The van der Waals surface area contributed by atoms with Gasteiger partial charge in [0.05, 0.1) is 21.7 Å². The summed E-state index contributed by atoms with van der Waals surface area (Å²) in [5.74, 6) is -0.0908. The summed E-state index contributed by atoms with van der Waals surface area (Å²) in [4.78, 5) is 23.8. The highest BCUT2D eigenvalue weighted by Gasteiger charge is 2.11. The molecule has 0 aliphatic carbocycles. The Kier molecular flexibility index (Phi) is 4.27. The van der Waals surface area contributed by atoms with Crippen molar-refractivity contribution in [2.24, 2.45) is 0 Å². The van der Waals surface area contributed by atoms with Gasteiger partial charge in [-0.15, -0.1) is 0 Å². The number of aromatic nitrogens is 1. The van der Waals surface area contributed by atoms with Crippen LogP contribution in [-0.2, 0) is 11.3 Å². The number of carbonyl (C=O) groups excluding carboxylic acids is 1. The number of fused-ring (bicyclic) bond motifs is 1. The predicted molar refractivity (Wildman–Crippen MR) is 87.8 cm³/mol. The number of ether oxygens (including phenoxy) is 1. The van der Waals surface area contributed by atoms with E-state index in [0.29, 0.717) is 10.8 Å². The zero-order valence-electron chi connectivity index (χ0n) is 11.5. The summed E-state index contributed by atoms with van der Waals surface area (Å²) in [5, 5.41) is 0.383. The van der Waals surface area contributed by atoms with E-state index in [2.05, 4.69) is 0 Å². The van der Waals surface area contributed by atoms with Gasteiger partial charge in [0.1, 0.15) is 5.75 Å². The number of benzene rings is 2. The van der Waals surface area contributed by atoms with E-state index in [1.165, 1.54) is 11.3 Å². The third-order valence-electron chi connectivity index (χ3n) is 3.17. The summed E-state index contributed by atoms with van der Waals surface area (Å²) in [6.45, 7) is 0.284. The smallest absolute Gasteiger partial charge is 0.313 e. The molecule has 4 nitrogen and oxygen atoms in total. The second kappa shape index (κ2) is 6.34. The van der Waals surface area contributed by atoms with Gasteiger partial charge in [0, 0.05) is 6.54 Å². The molecular weight excluding hydrogens is 322 g/mol. The van der Waals surface area contributed by atoms with E-state index in [1.54, 1.807) is 28.8 Å². The van der Waals surface area contributed by atoms with Crippen LogP contribution in [0.15, 0.2) is 53.3 Å². The van der Waals surface area contributed by atoms with Crippen LogP contribution in [0.5, 0.6) is 5.75 Å². The first-order chi connectivity index (χ1) is 10.6. The Bertz CT molecular complexity index is 884. The lowest BCUT2D eigenvalue weighted by atomic mass is 10.3. The Morgan fingerprint density at radius 3 is 2.68 bits per heavy atom. The van der Waals surface area contributed by atoms with Crippen LogP contribution in [0, 0.1) is 0 Å². The quantitative estimate of drug-likeness (QED) is 0.540. The standard InChI is InChI=1S/C16H12ClNO3S/c17-11-5-1-3-7-13(11)21-15(19)9-10-18-12-6-2-4-8-14(12)22-16(18)20/h1-8H,9-10H2. The molecule has 0 aliphatic heterocycles. The van der Waals surface area contributed by atoms with Gasteiger partial charge in [-0.1, -0.05) is 47.2 Å². The molecule has 0 atom stereocenters. The molecule has 0 saturated carbocycles. The molecule has 0 bridgehead atoms. The molecule has 0 saturated heterocycles. The van der Waals surface area contributed by atoms with Gasteiger partial charge in [-0.05, 0) is 24.3 Å². The molecule has 6 heteroatoms. The van der Waals surface area contributed by atoms with E-state index in [9.17, 15) is 9.59 Å². The maximum absolute atomic E-state index is 12.0. The van der Waals surface area contributed by atoms with Gasteiger partial charge >= 0.3 is 10.8 Å². The second-order valence-electron chi connectivity index (χ2n) is 4.64. The number of para-hydroxylation sites is 2. The van der Waals surface area contributed by atoms with Gasteiger partial charge in [0.15, 0.2) is 0 Å². The van der Waals surface area contributed by atoms with Crippen LogP contribution >= 0.6 is 22.9 Å². The van der Waals surface area contributed by atoms with Crippen molar-refractivity contribution in [3.8, 4) is 5.75 Å². The predicted octanol–water partition coefficient (Wildman–Crippen LogP) is 3.71. The van der Waals surface area contributed by atoms with Crippen LogP contribution in [0.25, 0.3) is 10.2 Å². The first-order valence-electron chi connectivity index (χ1n) is 6.69. The first kappa shape index (κ1) is 14.8. The molecule has 3 aromatic rings. The Balaban J connectivity index is 1.72. The van der Waals surface area contributed by atoms with Crippen LogP contribution in [0.1, 0.15) is 6.42 Å². The van der Waals surface area contributed by atoms with E-state index >= 15 is 0 Å². The number of carbonyl (C=O) groups is 1. The van der Waals surface area contributed by atoms with Gasteiger partial charge in [0.2, 0.25) is 0 Å². The van der Waals surface area contributed by atoms with E-state index in [0.717, 1.165) is 10.2 Å². The van der Waals surface area contributed by atoms with E-state index in [4.69, 9.17) is 16.3 Å². The summed E-state index contributed by atoms with van der Waals surface area (Å²) >= 11 is 7.11. The molecule has 0 radical (unpaired) electrons. The number of halogens is 1. The molecule has 1 heterocycles. The van der Waals surface area contributed by atoms with Crippen LogP contribution in [0.4, 0.5) is 0 Å². The van der Waals surface area contributed by atoms with Crippen molar-refractivity contribution < 1.29 is 9.53 Å². The molecular formula is C16H12ClNO3S. The number of hydrogen-bond acceptors (Lipinski definition) is 4. The average molecular weight is 334 g/mol. The maximum atomic E-state index is 12.0. The van der Waals surface area contributed by atoms with Crippen molar-refractivity contribution in [2.45, 2.75) is 13.0 Å². The lowest BCUT2D eigenvalue weighted by molar-refractivity contribution is -0.134. The van der Waals surface area contributed by atoms with Gasteiger partial charge < -0.3 is 4.74 Å². The Morgan fingerprint density at radius 2 is 1.86 bits per heavy atom. The van der Waals surface area contributed by atoms with Crippen molar-refractivity contribution in [1.29, 1.82) is 0 Å². The molecule has 0 N–H and O–H groups in total. The van der Waals surface area contributed by atoms with Gasteiger partial charge in [-0.3, -0.25) is 14.2 Å². The number of esters is 1. The molecule has 112 valence electrons. The lowest BCUT2D eigenvalue weighted by Crippen LogP contribution is -2.17. The molecule has 22 heavy (non-hydrogen) atoms. The normalized spacial score (nSPS) is 10.8. The fraction of sp³-hybridized carbons (Fsp3) is 0.125. The third-order valence-corrected chi connectivity index (χ3v) is 4.45. The molecule has 0 fully saturated rings. The SMILES string of the molecule is O=C(CCn1c(=O)sc2ccccc21)Oc1ccccc1Cl. The lowest BCUT2D eigenvalue weighted by Gasteiger charge is -2.06. The van der Waals surface area contributed by atoms with Crippen molar-refractivity contribution in [3.63, 3.8) is 0 Å². The average Bonchev–Trinajstić information content (AvgIpc) is 2.83. The van der Waals surface area contributed by atoms with Crippen molar-refractivity contribution in [3.05, 3.63) is 63.2 Å². The fourth-order valence-electron chi connectivity index (χ4n) is 2.13. The molecule has 0 unspecified atom stereocenters. The van der Waals surface area contributed by atoms with Crippen molar-refractivity contribution in [2.75, 3.05) is 0 Å². The Hall–Kier alpha value is -2.11. The summed E-state index contributed by atoms with van der Waals surface area (Å²) in [5.41, 5.74) is 0.836.